The molecule has 34 heavy (non-hydrogen) atoms. The monoisotopic (exact) mass is 497 g/mol. The average Bonchev–Trinajstić information content (AvgIpc) is 2.81. The van der Waals surface area contributed by atoms with Crippen LogP contribution in [0.4, 0.5) is 0 Å². The Morgan fingerprint density at radius 2 is 1.32 bits per heavy atom. The van der Waals surface area contributed by atoms with Crippen molar-refractivity contribution >= 4 is 21.6 Å². The van der Waals surface area contributed by atoms with Crippen molar-refractivity contribution in [2.24, 2.45) is 0 Å². The standard InChI is InChI=1S/C27H32ClN3O2S/c1-27(2,29-34(32,33)25-15-13-24(28)14-16-25)21-30-17-19-31(20-18-30)26(22-9-5-3-6-10-22)23-11-7-4-8-12-23/h3-16,26,29H,17-21H2,1-2H3. The van der Waals surface area contributed by atoms with Gasteiger partial charge < -0.3 is 0 Å². The fraction of sp³-hybridized carbons (Fsp3) is 0.333. The third-order valence-electron chi connectivity index (χ3n) is 6.16. The van der Waals surface area contributed by atoms with Gasteiger partial charge in [0, 0.05) is 43.3 Å². The molecule has 0 amide bonds. The van der Waals surface area contributed by atoms with E-state index < -0.39 is 15.6 Å². The first kappa shape index (κ1) is 24.9. The summed E-state index contributed by atoms with van der Waals surface area (Å²) in [6, 6.07) is 27.7. The van der Waals surface area contributed by atoms with Gasteiger partial charge in [-0.2, -0.15) is 0 Å². The number of nitrogens with one attached hydrogen (secondary N) is 1. The van der Waals surface area contributed by atoms with Crippen molar-refractivity contribution in [2.75, 3.05) is 32.7 Å². The third kappa shape index (κ3) is 6.26. The molecule has 0 bridgehead atoms. The van der Waals surface area contributed by atoms with Gasteiger partial charge in [0.1, 0.15) is 0 Å². The van der Waals surface area contributed by atoms with Crippen LogP contribution < -0.4 is 4.72 Å². The normalized spacial score (nSPS) is 16.1. The largest absolute Gasteiger partial charge is 0.299 e. The summed E-state index contributed by atoms with van der Waals surface area (Å²) in [5.74, 6) is 0. The number of rotatable bonds is 8. The lowest BCUT2D eigenvalue weighted by molar-refractivity contribution is 0.0941. The van der Waals surface area contributed by atoms with E-state index in [1.165, 1.54) is 23.3 Å². The van der Waals surface area contributed by atoms with Gasteiger partial charge in [0.2, 0.25) is 10.0 Å². The molecule has 0 spiro atoms. The first-order chi connectivity index (χ1) is 16.2. The third-order valence-corrected chi connectivity index (χ3v) is 8.12. The van der Waals surface area contributed by atoms with Gasteiger partial charge in [-0.3, -0.25) is 9.80 Å². The molecule has 1 N–H and O–H groups in total. The Hall–Kier alpha value is -2.22. The van der Waals surface area contributed by atoms with Crippen LogP contribution in [0.2, 0.25) is 5.02 Å². The summed E-state index contributed by atoms with van der Waals surface area (Å²) in [5.41, 5.74) is 1.97. The van der Waals surface area contributed by atoms with Gasteiger partial charge in [-0.25, -0.2) is 13.1 Å². The second-order valence-corrected chi connectivity index (χ2v) is 11.6. The molecule has 3 aromatic rings. The van der Waals surface area contributed by atoms with Gasteiger partial charge in [-0.15, -0.1) is 0 Å². The Morgan fingerprint density at radius 1 is 0.824 bits per heavy atom. The van der Waals surface area contributed by atoms with Crippen molar-refractivity contribution in [3.05, 3.63) is 101 Å². The van der Waals surface area contributed by atoms with Crippen molar-refractivity contribution in [3.63, 3.8) is 0 Å². The lowest BCUT2D eigenvalue weighted by Gasteiger charge is -2.42. The van der Waals surface area contributed by atoms with Crippen LogP contribution in [0.25, 0.3) is 0 Å². The second kappa shape index (κ2) is 10.6. The van der Waals surface area contributed by atoms with Crippen LogP contribution in [0, 0.1) is 0 Å². The molecule has 0 saturated carbocycles. The molecule has 7 heteroatoms. The zero-order chi connectivity index (χ0) is 24.2. The van der Waals surface area contributed by atoms with Gasteiger partial charge in [0.15, 0.2) is 0 Å². The number of halogens is 1. The Morgan fingerprint density at radius 3 is 1.82 bits per heavy atom. The molecule has 5 nitrogen and oxygen atoms in total. The first-order valence-corrected chi connectivity index (χ1v) is 13.5. The number of hydrogen-bond acceptors (Lipinski definition) is 4. The fourth-order valence-electron chi connectivity index (χ4n) is 4.69. The van der Waals surface area contributed by atoms with Gasteiger partial charge >= 0.3 is 0 Å². The molecule has 1 aliphatic rings. The lowest BCUT2D eigenvalue weighted by Crippen LogP contribution is -2.56. The highest BCUT2D eigenvalue weighted by molar-refractivity contribution is 7.89. The molecule has 1 saturated heterocycles. The number of piperazine rings is 1. The van der Waals surface area contributed by atoms with Gasteiger partial charge in [0.05, 0.1) is 10.9 Å². The molecule has 3 aromatic carbocycles. The van der Waals surface area contributed by atoms with Gasteiger partial charge in [-0.1, -0.05) is 72.3 Å². The molecule has 180 valence electrons. The van der Waals surface area contributed by atoms with Crippen LogP contribution >= 0.6 is 11.6 Å². The molecule has 1 aliphatic heterocycles. The molecule has 4 rings (SSSR count). The van der Waals surface area contributed by atoms with Gasteiger partial charge in [0.25, 0.3) is 0 Å². The minimum atomic E-state index is -3.63. The molecule has 1 fully saturated rings. The maximum atomic E-state index is 12.9. The summed E-state index contributed by atoms with van der Waals surface area (Å²) in [4.78, 5) is 5.09. The zero-order valence-electron chi connectivity index (χ0n) is 19.7. The Kier molecular flexibility index (Phi) is 7.75. The van der Waals surface area contributed by atoms with Crippen LogP contribution in [-0.4, -0.2) is 56.5 Å². The summed E-state index contributed by atoms with van der Waals surface area (Å²) < 4.78 is 28.6. The van der Waals surface area contributed by atoms with Gasteiger partial charge in [-0.05, 0) is 49.2 Å². The molecule has 0 atom stereocenters. The van der Waals surface area contributed by atoms with Crippen molar-refractivity contribution in [1.29, 1.82) is 0 Å². The highest BCUT2D eigenvalue weighted by Crippen LogP contribution is 2.29. The summed E-state index contributed by atoms with van der Waals surface area (Å²) in [6.45, 7) is 8.08. The summed E-state index contributed by atoms with van der Waals surface area (Å²) in [6.07, 6.45) is 0. The van der Waals surface area contributed by atoms with E-state index in [1.54, 1.807) is 12.1 Å². The van der Waals surface area contributed by atoms with E-state index in [0.717, 1.165) is 26.2 Å². The maximum Gasteiger partial charge on any atom is 0.241 e. The Bertz CT molecular complexity index is 1120. The van der Waals surface area contributed by atoms with Crippen LogP contribution in [0.3, 0.4) is 0 Å². The zero-order valence-corrected chi connectivity index (χ0v) is 21.3. The average molecular weight is 498 g/mol. The fourth-order valence-corrected chi connectivity index (χ4v) is 6.22. The highest BCUT2D eigenvalue weighted by atomic mass is 35.5. The van der Waals surface area contributed by atoms with E-state index >= 15 is 0 Å². The number of hydrogen-bond donors (Lipinski definition) is 1. The number of sulfonamides is 1. The topological polar surface area (TPSA) is 52.6 Å². The molecular formula is C27H32ClN3O2S. The van der Waals surface area contributed by atoms with E-state index in [1.807, 2.05) is 13.8 Å². The Balaban J connectivity index is 1.41. The lowest BCUT2D eigenvalue weighted by atomic mass is 9.96. The molecule has 0 radical (unpaired) electrons. The molecule has 1 heterocycles. The van der Waals surface area contributed by atoms with E-state index in [4.69, 9.17) is 11.6 Å². The summed E-state index contributed by atoms with van der Waals surface area (Å²) >= 11 is 5.91. The smallest absolute Gasteiger partial charge is 0.241 e. The molecular weight excluding hydrogens is 466 g/mol. The van der Waals surface area contributed by atoms with Crippen molar-refractivity contribution in [3.8, 4) is 0 Å². The molecule has 0 aliphatic carbocycles. The van der Waals surface area contributed by atoms with Crippen LogP contribution in [0.5, 0.6) is 0 Å². The number of benzene rings is 3. The predicted molar refractivity (Wildman–Crippen MR) is 139 cm³/mol. The van der Waals surface area contributed by atoms with Crippen molar-refractivity contribution < 1.29 is 8.42 Å². The maximum absolute atomic E-state index is 12.9. The van der Waals surface area contributed by atoms with E-state index in [2.05, 4.69) is 75.2 Å². The second-order valence-electron chi connectivity index (χ2n) is 9.48. The molecule has 0 aromatic heterocycles. The van der Waals surface area contributed by atoms with Crippen LogP contribution in [0.1, 0.15) is 31.0 Å². The minimum Gasteiger partial charge on any atom is -0.299 e. The highest BCUT2D eigenvalue weighted by Gasteiger charge is 2.31. The Labute approximate surface area is 208 Å². The SMILES string of the molecule is CC(C)(CN1CCN(C(c2ccccc2)c2ccccc2)CC1)NS(=O)(=O)c1ccc(Cl)cc1. The number of nitrogens with zero attached hydrogens (tertiary/aromatic N) is 2. The van der Waals surface area contributed by atoms with Crippen molar-refractivity contribution in [1.82, 2.24) is 14.5 Å². The predicted octanol–water partition coefficient (Wildman–Crippen LogP) is 4.80. The minimum absolute atomic E-state index is 0.209. The van der Waals surface area contributed by atoms with Crippen molar-refractivity contribution in [2.45, 2.75) is 30.3 Å². The van der Waals surface area contributed by atoms with E-state index in [9.17, 15) is 8.42 Å². The van der Waals surface area contributed by atoms with Crippen LogP contribution in [-0.2, 0) is 10.0 Å². The quantitative estimate of drug-likeness (QED) is 0.485. The van der Waals surface area contributed by atoms with E-state index in [0.29, 0.717) is 11.6 Å². The molecule has 0 unspecified atom stereocenters. The summed E-state index contributed by atoms with van der Waals surface area (Å²) in [7, 11) is -3.63. The summed E-state index contributed by atoms with van der Waals surface area (Å²) in [5, 5.41) is 0.514. The van der Waals surface area contributed by atoms with E-state index in [-0.39, 0.29) is 10.9 Å². The first-order valence-electron chi connectivity index (χ1n) is 11.6. The van der Waals surface area contributed by atoms with Crippen LogP contribution in [0.15, 0.2) is 89.8 Å².